The minimum Gasteiger partial charge on any atom is -0.368 e. The molecule has 108 valence electrons. The standard InChI is InChI=1S/C12H15F2N5S/c13-12(14)2-1-7-6(5-12)8-9(20-7)10(17-4-3-15)19-11(16)18-8/h1-5,15H2,(H3,16,17,18,19). The summed E-state index contributed by atoms with van der Waals surface area (Å²) in [6, 6.07) is 0. The molecule has 8 heteroatoms. The Kier molecular flexibility index (Phi) is 3.21. The highest BCUT2D eigenvalue weighted by atomic mass is 32.1. The van der Waals surface area contributed by atoms with Crippen LogP contribution in [0.5, 0.6) is 0 Å². The van der Waals surface area contributed by atoms with Gasteiger partial charge in [0.2, 0.25) is 5.95 Å². The van der Waals surface area contributed by atoms with Crippen LogP contribution in [0.1, 0.15) is 16.9 Å². The zero-order chi connectivity index (χ0) is 14.3. The van der Waals surface area contributed by atoms with Gasteiger partial charge in [-0.2, -0.15) is 4.98 Å². The average Bonchev–Trinajstić information content (AvgIpc) is 2.73. The van der Waals surface area contributed by atoms with Crippen LogP contribution in [0.4, 0.5) is 20.5 Å². The minimum absolute atomic E-state index is 0.0894. The molecule has 0 atom stereocenters. The maximum absolute atomic E-state index is 13.6. The van der Waals surface area contributed by atoms with E-state index < -0.39 is 5.92 Å². The molecule has 1 aliphatic carbocycles. The molecular weight excluding hydrogens is 284 g/mol. The number of thiophene rings is 1. The fourth-order valence-corrected chi connectivity index (χ4v) is 3.65. The number of nitrogen functional groups attached to an aromatic ring is 1. The number of fused-ring (bicyclic) bond motifs is 3. The van der Waals surface area contributed by atoms with Crippen LogP contribution < -0.4 is 16.8 Å². The van der Waals surface area contributed by atoms with Gasteiger partial charge >= 0.3 is 0 Å². The molecule has 0 saturated carbocycles. The topological polar surface area (TPSA) is 89.8 Å². The largest absolute Gasteiger partial charge is 0.368 e. The lowest BCUT2D eigenvalue weighted by molar-refractivity contribution is -0.0113. The van der Waals surface area contributed by atoms with E-state index in [9.17, 15) is 8.78 Å². The van der Waals surface area contributed by atoms with Crippen LogP contribution in [0.15, 0.2) is 0 Å². The van der Waals surface area contributed by atoms with Gasteiger partial charge in [0.25, 0.3) is 5.92 Å². The molecule has 0 aromatic carbocycles. The Morgan fingerprint density at radius 3 is 2.90 bits per heavy atom. The Morgan fingerprint density at radius 2 is 2.15 bits per heavy atom. The fraction of sp³-hybridized carbons (Fsp3) is 0.500. The van der Waals surface area contributed by atoms with Gasteiger partial charge in [-0.1, -0.05) is 0 Å². The lowest BCUT2D eigenvalue weighted by atomic mass is 9.95. The number of nitrogens with one attached hydrogen (secondary N) is 1. The molecular formula is C12H15F2N5S. The highest BCUT2D eigenvalue weighted by Gasteiger charge is 2.37. The van der Waals surface area contributed by atoms with Crippen LogP contribution in [-0.2, 0) is 12.8 Å². The number of aromatic nitrogens is 2. The van der Waals surface area contributed by atoms with E-state index in [1.54, 1.807) is 0 Å². The Bertz CT molecular complexity index is 655. The molecule has 2 heterocycles. The number of halogens is 2. The number of rotatable bonds is 3. The minimum atomic E-state index is -2.66. The molecule has 0 unspecified atom stereocenters. The number of nitrogens with two attached hydrogens (primary N) is 2. The van der Waals surface area contributed by atoms with Crippen molar-refractivity contribution in [3.63, 3.8) is 0 Å². The number of hydrogen-bond acceptors (Lipinski definition) is 6. The smallest absolute Gasteiger partial charge is 0.252 e. The van der Waals surface area contributed by atoms with E-state index in [1.165, 1.54) is 11.3 Å². The van der Waals surface area contributed by atoms with E-state index >= 15 is 0 Å². The first-order valence-corrected chi connectivity index (χ1v) is 7.21. The molecule has 0 fully saturated rings. The van der Waals surface area contributed by atoms with E-state index in [0.29, 0.717) is 36.4 Å². The maximum Gasteiger partial charge on any atom is 0.252 e. The molecule has 20 heavy (non-hydrogen) atoms. The molecule has 1 aliphatic rings. The summed E-state index contributed by atoms with van der Waals surface area (Å²) in [6.07, 6.45) is -0.00396. The van der Waals surface area contributed by atoms with Crippen molar-refractivity contribution in [2.45, 2.75) is 25.2 Å². The van der Waals surface area contributed by atoms with Crippen molar-refractivity contribution in [2.24, 2.45) is 5.73 Å². The highest BCUT2D eigenvalue weighted by Crippen LogP contribution is 2.42. The van der Waals surface area contributed by atoms with Gasteiger partial charge in [0.1, 0.15) is 5.82 Å². The van der Waals surface area contributed by atoms with E-state index in [-0.39, 0.29) is 18.8 Å². The van der Waals surface area contributed by atoms with E-state index in [1.807, 2.05) is 0 Å². The third kappa shape index (κ3) is 2.29. The maximum atomic E-state index is 13.6. The van der Waals surface area contributed by atoms with Crippen LogP contribution in [0, 0.1) is 0 Å². The summed E-state index contributed by atoms with van der Waals surface area (Å²) in [5, 5.41) is 3.07. The summed E-state index contributed by atoms with van der Waals surface area (Å²) in [7, 11) is 0. The second kappa shape index (κ2) is 4.78. The Morgan fingerprint density at radius 1 is 1.35 bits per heavy atom. The lowest BCUT2D eigenvalue weighted by Crippen LogP contribution is -2.25. The van der Waals surface area contributed by atoms with Crippen LogP contribution >= 0.6 is 11.3 Å². The van der Waals surface area contributed by atoms with Gasteiger partial charge in [0, 0.05) is 30.8 Å². The van der Waals surface area contributed by atoms with Crippen molar-refractivity contribution < 1.29 is 8.78 Å². The third-order valence-corrected chi connectivity index (χ3v) is 4.61. The highest BCUT2D eigenvalue weighted by molar-refractivity contribution is 7.19. The second-order valence-corrected chi connectivity index (χ2v) is 5.97. The van der Waals surface area contributed by atoms with Crippen molar-refractivity contribution in [1.82, 2.24) is 9.97 Å². The average molecular weight is 299 g/mol. The van der Waals surface area contributed by atoms with Gasteiger partial charge < -0.3 is 16.8 Å². The molecule has 0 saturated heterocycles. The van der Waals surface area contributed by atoms with Crippen molar-refractivity contribution in [3.8, 4) is 0 Å². The number of nitrogens with zero attached hydrogens (tertiary/aromatic N) is 2. The molecule has 0 aliphatic heterocycles. The first-order chi connectivity index (χ1) is 9.50. The van der Waals surface area contributed by atoms with Crippen LogP contribution in [0.3, 0.4) is 0 Å². The molecule has 0 amide bonds. The van der Waals surface area contributed by atoms with Crippen LogP contribution in [0.2, 0.25) is 0 Å². The van der Waals surface area contributed by atoms with Gasteiger partial charge in [-0.15, -0.1) is 11.3 Å². The Balaban J connectivity index is 2.13. The normalized spacial score (nSPS) is 17.1. The zero-order valence-corrected chi connectivity index (χ0v) is 11.6. The SMILES string of the molecule is NCCNc1nc(N)nc2c3c(sc12)CCC(F)(F)C3. The molecule has 0 bridgehead atoms. The van der Waals surface area contributed by atoms with Gasteiger partial charge in [0.15, 0.2) is 0 Å². The number of anilines is 2. The lowest BCUT2D eigenvalue weighted by Gasteiger charge is -2.21. The number of hydrogen-bond donors (Lipinski definition) is 3. The fourth-order valence-electron chi connectivity index (χ4n) is 2.42. The third-order valence-electron chi connectivity index (χ3n) is 3.32. The quantitative estimate of drug-likeness (QED) is 0.803. The molecule has 2 aromatic heterocycles. The number of aryl methyl sites for hydroxylation is 1. The van der Waals surface area contributed by atoms with Crippen molar-refractivity contribution in [1.29, 1.82) is 0 Å². The summed E-state index contributed by atoms with van der Waals surface area (Å²) in [4.78, 5) is 9.26. The first kappa shape index (κ1) is 13.4. The molecule has 5 N–H and O–H groups in total. The first-order valence-electron chi connectivity index (χ1n) is 6.40. The van der Waals surface area contributed by atoms with E-state index in [4.69, 9.17) is 11.5 Å². The molecule has 2 aromatic rings. The summed E-state index contributed by atoms with van der Waals surface area (Å²) < 4.78 is 28.0. The van der Waals surface area contributed by atoms with Crippen LogP contribution in [0.25, 0.3) is 10.2 Å². The number of alkyl halides is 2. The van der Waals surface area contributed by atoms with Gasteiger partial charge in [-0.3, -0.25) is 0 Å². The van der Waals surface area contributed by atoms with Gasteiger partial charge in [0.05, 0.1) is 10.2 Å². The van der Waals surface area contributed by atoms with E-state index in [0.717, 1.165) is 9.58 Å². The van der Waals surface area contributed by atoms with Crippen LogP contribution in [-0.4, -0.2) is 29.0 Å². The van der Waals surface area contributed by atoms with Crippen molar-refractivity contribution in [2.75, 3.05) is 24.1 Å². The zero-order valence-electron chi connectivity index (χ0n) is 10.7. The van der Waals surface area contributed by atoms with E-state index in [2.05, 4.69) is 15.3 Å². The summed E-state index contributed by atoms with van der Waals surface area (Å²) in [5.41, 5.74) is 12.3. The monoisotopic (exact) mass is 299 g/mol. The second-order valence-electron chi connectivity index (χ2n) is 4.86. The molecule has 0 radical (unpaired) electrons. The van der Waals surface area contributed by atoms with Gasteiger partial charge in [-0.05, 0) is 12.0 Å². The molecule has 0 spiro atoms. The molecule has 5 nitrogen and oxygen atoms in total. The predicted molar refractivity (Wildman–Crippen MR) is 76.3 cm³/mol. The Labute approximate surface area is 118 Å². The summed E-state index contributed by atoms with van der Waals surface area (Å²) >= 11 is 1.47. The summed E-state index contributed by atoms with van der Waals surface area (Å²) in [5.74, 6) is -1.99. The summed E-state index contributed by atoms with van der Waals surface area (Å²) in [6.45, 7) is 0.999. The van der Waals surface area contributed by atoms with Gasteiger partial charge in [-0.25, -0.2) is 13.8 Å². The van der Waals surface area contributed by atoms with Crippen molar-refractivity contribution in [3.05, 3.63) is 10.4 Å². The predicted octanol–water partition coefficient (Wildman–Crippen LogP) is 1.77. The van der Waals surface area contributed by atoms with Crippen molar-refractivity contribution >= 4 is 33.3 Å². The molecule has 3 rings (SSSR count). The Hall–Kier alpha value is -1.54.